The van der Waals surface area contributed by atoms with Crippen LogP contribution < -0.4 is 14.8 Å². The minimum absolute atomic E-state index is 0.180. The van der Waals surface area contributed by atoms with E-state index < -0.39 is 6.04 Å². The number of hydrogen-bond acceptors (Lipinski definition) is 4. The summed E-state index contributed by atoms with van der Waals surface area (Å²) in [5.74, 6) is 0.920. The first-order valence-corrected chi connectivity index (χ1v) is 9.79. The van der Waals surface area contributed by atoms with E-state index in [1.807, 2.05) is 56.3 Å². The van der Waals surface area contributed by atoms with E-state index in [1.165, 1.54) is 0 Å². The van der Waals surface area contributed by atoms with E-state index in [2.05, 4.69) is 5.32 Å². The molecule has 0 heterocycles. The van der Waals surface area contributed by atoms with E-state index in [1.54, 1.807) is 31.1 Å². The molecule has 0 aromatic heterocycles. The van der Waals surface area contributed by atoms with Crippen molar-refractivity contribution in [3.63, 3.8) is 0 Å². The predicted octanol–water partition coefficient (Wildman–Crippen LogP) is 3.26. The zero-order valence-corrected chi connectivity index (χ0v) is 17.6. The zero-order valence-electron chi connectivity index (χ0n) is 17.6. The molecule has 0 radical (unpaired) electrons. The van der Waals surface area contributed by atoms with Gasteiger partial charge in [0.25, 0.3) is 5.91 Å². The maximum absolute atomic E-state index is 13.0. The SMILES string of the molecule is COc1ccccc1OCC(=O)N(Cc1ccccc1)[C@@H](C)C(=O)NCC(C)C. The first-order chi connectivity index (χ1) is 13.9. The lowest BCUT2D eigenvalue weighted by atomic mass is 10.1. The molecule has 29 heavy (non-hydrogen) atoms. The lowest BCUT2D eigenvalue weighted by Gasteiger charge is -2.29. The molecular weight excluding hydrogens is 368 g/mol. The van der Waals surface area contributed by atoms with Gasteiger partial charge in [-0.2, -0.15) is 0 Å². The van der Waals surface area contributed by atoms with Crippen LogP contribution in [0.2, 0.25) is 0 Å². The fourth-order valence-electron chi connectivity index (χ4n) is 2.78. The second-order valence-electron chi connectivity index (χ2n) is 7.26. The highest BCUT2D eigenvalue weighted by molar-refractivity contribution is 5.88. The third kappa shape index (κ3) is 6.82. The summed E-state index contributed by atoms with van der Waals surface area (Å²) in [6, 6.07) is 16.1. The molecule has 156 valence electrons. The molecule has 0 aliphatic rings. The third-order valence-corrected chi connectivity index (χ3v) is 4.47. The molecule has 0 aliphatic carbocycles. The smallest absolute Gasteiger partial charge is 0.261 e. The van der Waals surface area contributed by atoms with Gasteiger partial charge in [-0.3, -0.25) is 9.59 Å². The van der Waals surface area contributed by atoms with Gasteiger partial charge in [0.1, 0.15) is 6.04 Å². The summed E-state index contributed by atoms with van der Waals surface area (Å²) in [7, 11) is 1.55. The number of carbonyl (C=O) groups excluding carboxylic acids is 2. The van der Waals surface area contributed by atoms with Crippen LogP contribution in [0.15, 0.2) is 54.6 Å². The number of methoxy groups -OCH3 is 1. The highest BCUT2D eigenvalue weighted by Gasteiger charge is 2.26. The van der Waals surface area contributed by atoms with Crippen LogP contribution in [0.3, 0.4) is 0 Å². The fraction of sp³-hybridized carbons (Fsp3) is 0.391. The summed E-state index contributed by atoms with van der Waals surface area (Å²) in [5, 5.41) is 2.90. The van der Waals surface area contributed by atoms with Gasteiger partial charge in [0.05, 0.1) is 7.11 Å². The summed E-state index contributed by atoms with van der Waals surface area (Å²) in [6.45, 7) is 6.49. The molecule has 0 saturated heterocycles. The van der Waals surface area contributed by atoms with Crippen molar-refractivity contribution in [3.05, 3.63) is 60.2 Å². The lowest BCUT2D eigenvalue weighted by Crippen LogP contribution is -2.49. The van der Waals surface area contributed by atoms with Crippen molar-refractivity contribution in [3.8, 4) is 11.5 Å². The van der Waals surface area contributed by atoms with E-state index in [9.17, 15) is 9.59 Å². The molecule has 0 aliphatic heterocycles. The molecule has 0 fully saturated rings. The normalized spacial score (nSPS) is 11.6. The monoisotopic (exact) mass is 398 g/mol. The number of nitrogens with zero attached hydrogens (tertiary/aromatic N) is 1. The second kappa shape index (κ2) is 11.1. The number of para-hydroxylation sites is 2. The predicted molar refractivity (Wildman–Crippen MR) is 113 cm³/mol. The number of ether oxygens (including phenoxy) is 2. The minimum Gasteiger partial charge on any atom is -0.493 e. The molecule has 6 heteroatoms. The first kappa shape index (κ1) is 22.3. The van der Waals surface area contributed by atoms with Crippen molar-refractivity contribution in [2.45, 2.75) is 33.4 Å². The van der Waals surface area contributed by atoms with Gasteiger partial charge in [-0.15, -0.1) is 0 Å². The molecule has 2 aromatic rings. The molecule has 0 saturated carbocycles. The number of carbonyl (C=O) groups is 2. The molecular formula is C23H30N2O4. The Kier molecular flexibility index (Phi) is 8.52. The Hall–Kier alpha value is -3.02. The van der Waals surface area contributed by atoms with Crippen LogP contribution in [0.1, 0.15) is 26.3 Å². The van der Waals surface area contributed by atoms with Crippen molar-refractivity contribution >= 4 is 11.8 Å². The van der Waals surface area contributed by atoms with Crippen LogP contribution in [0.25, 0.3) is 0 Å². The Morgan fingerprint density at radius 2 is 1.59 bits per heavy atom. The van der Waals surface area contributed by atoms with Gasteiger partial charge in [-0.25, -0.2) is 0 Å². The minimum atomic E-state index is -0.622. The Balaban J connectivity index is 2.12. The van der Waals surface area contributed by atoms with Crippen LogP contribution in [0.5, 0.6) is 11.5 Å². The van der Waals surface area contributed by atoms with E-state index in [0.717, 1.165) is 5.56 Å². The number of hydrogen-bond donors (Lipinski definition) is 1. The van der Waals surface area contributed by atoms with Gasteiger partial charge in [-0.05, 0) is 30.5 Å². The Morgan fingerprint density at radius 1 is 0.966 bits per heavy atom. The fourth-order valence-corrected chi connectivity index (χ4v) is 2.78. The van der Waals surface area contributed by atoms with Crippen LogP contribution in [0.4, 0.5) is 0 Å². The standard InChI is InChI=1S/C23H30N2O4/c1-17(2)14-24-23(27)18(3)25(15-19-10-6-5-7-11-19)22(26)16-29-21-13-9-8-12-20(21)28-4/h5-13,17-18H,14-16H2,1-4H3,(H,24,27)/t18-/m0/s1. The van der Waals surface area contributed by atoms with Crippen molar-refractivity contribution in [2.24, 2.45) is 5.92 Å². The van der Waals surface area contributed by atoms with Crippen molar-refractivity contribution in [2.75, 3.05) is 20.3 Å². The second-order valence-corrected chi connectivity index (χ2v) is 7.26. The third-order valence-electron chi connectivity index (χ3n) is 4.47. The quantitative estimate of drug-likeness (QED) is 0.667. The molecule has 2 aromatic carbocycles. The Morgan fingerprint density at radius 3 is 2.21 bits per heavy atom. The van der Waals surface area contributed by atoms with E-state index >= 15 is 0 Å². The van der Waals surface area contributed by atoms with Gasteiger partial charge in [0.2, 0.25) is 5.91 Å². The van der Waals surface area contributed by atoms with Crippen molar-refractivity contribution < 1.29 is 19.1 Å². The lowest BCUT2D eigenvalue weighted by molar-refractivity contribution is -0.142. The summed E-state index contributed by atoms with van der Waals surface area (Å²) in [6.07, 6.45) is 0. The topological polar surface area (TPSA) is 67.9 Å². The van der Waals surface area contributed by atoms with Crippen LogP contribution in [-0.4, -0.2) is 43.0 Å². The van der Waals surface area contributed by atoms with Crippen molar-refractivity contribution in [1.82, 2.24) is 10.2 Å². The summed E-state index contributed by atoms with van der Waals surface area (Å²) in [4.78, 5) is 27.1. The van der Waals surface area contributed by atoms with E-state index in [0.29, 0.717) is 30.5 Å². The largest absolute Gasteiger partial charge is 0.493 e. The van der Waals surface area contributed by atoms with E-state index in [-0.39, 0.29) is 18.4 Å². The summed E-state index contributed by atoms with van der Waals surface area (Å²) < 4.78 is 10.9. The maximum atomic E-state index is 13.0. The summed E-state index contributed by atoms with van der Waals surface area (Å²) >= 11 is 0. The van der Waals surface area contributed by atoms with Gasteiger partial charge in [0, 0.05) is 13.1 Å². The van der Waals surface area contributed by atoms with Gasteiger partial charge >= 0.3 is 0 Å². The molecule has 2 rings (SSSR count). The highest BCUT2D eigenvalue weighted by Crippen LogP contribution is 2.25. The molecule has 0 bridgehead atoms. The molecule has 6 nitrogen and oxygen atoms in total. The highest BCUT2D eigenvalue weighted by atomic mass is 16.5. The number of benzene rings is 2. The maximum Gasteiger partial charge on any atom is 0.261 e. The summed E-state index contributed by atoms with van der Waals surface area (Å²) in [5.41, 5.74) is 0.946. The number of amides is 2. The molecule has 2 amide bonds. The first-order valence-electron chi connectivity index (χ1n) is 9.79. The van der Waals surface area contributed by atoms with Gasteiger partial charge < -0.3 is 19.7 Å². The van der Waals surface area contributed by atoms with Crippen LogP contribution in [-0.2, 0) is 16.1 Å². The Labute approximate surface area is 172 Å². The zero-order chi connectivity index (χ0) is 21.2. The van der Waals surface area contributed by atoms with Crippen LogP contribution in [0, 0.1) is 5.92 Å². The molecule has 0 spiro atoms. The molecule has 0 unspecified atom stereocenters. The number of rotatable bonds is 10. The van der Waals surface area contributed by atoms with E-state index in [4.69, 9.17) is 9.47 Å². The molecule has 1 N–H and O–H groups in total. The van der Waals surface area contributed by atoms with Gasteiger partial charge in [-0.1, -0.05) is 56.3 Å². The average molecular weight is 399 g/mol. The number of nitrogens with one attached hydrogen (secondary N) is 1. The molecule has 1 atom stereocenters. The average Bonchev–Trinajstić information content (AvgIpc) is 2.74. The van der Waals surface area contributed by atoms with Crippen LogP contribution >= 0.6 is 0 Å². The van der Waals surface area contributed by atoms with Gasteiger partial charge in [0.15, 0.2) is 18.1 Å². The van der Waals surface area contributed by atoms with Crippen molar-refractivity contribution in [1.29, 1.82) is 0 Å². The Bertz CT molecular complexity index is 792.